The average molecular weight is 401 g/mol. The topological polar surface area (TPSA) is 61.8 Å². The summed E-state index contributed by atoms with van der Waals surface area (Å²) < 4.78 is 17.0. The molecular weight excluding hydrogens is 368 g/mol. The van der Waals surface area contributed by atoms with E-state index in [1.54, 1.807) is 0 Å². The summed E-state index contributed by atoms with van der Waals surface area (Å²) in [6, 6.07) is 4.14. The molecule has 0 spiro atoms. The predicted molar refractivity (Wildman–Crippen MR) is 109 cm³/mol. The maximum Gasteiger partial charge on any atom is 0.308 e. The molecule has 29 heavy (non-hydrogen) atoms. The quantitative estimate of drug-likeness (QED) is 0.537. The van der Waals surface area contributed by atoms with Crippen LogP contribution in [-0.4, -0.2) is 24.6 Å². The lowest BCUT2D eigenvalue weighted by Gasteiger charge is -2.50. The van der Waals surface area contributed by atoms with E-state index in [-0.39, 0.29) is 23.5 Å². The van der Waals surface area contributed by atoms with Crippen molar-refractivity contribution >= 4 is 11.9 Å². The van der Waals surface area contributed by atoms with Crippen LogP contribution in [0.15, 0.2) is 12.1 Å². The van der Waals surface area contributed by atoms with Gasteiger partial charge in [0.2, 0.25) is 0 Å². The summed E-state index contributed by atoms with van der Waals surface area (Å²) in [5.74, 6) is 2.41. The highest BCUT2D eigenvalue weighted by Gasteiger charge is 2.56. The zero-order chi connectivity index (χ0) is 20.8. The second kappa shape index (κ2) is 7.66. The van der Waals surface area contributed by atoms with Gasteiger partial charge in [0.05, 0.1) is 6.61 Å². The van der Waals surface area contributed by atoms with E-state index >= 15 is 0 Å². The molecule has 2 saturated carbocycles. The van der Waals surface area contributed by atoms with E-state index in [1.807, 2.05) is 13.0 Å². The van der Waals surface area contributed by atoms with E-state index in [0.29, 0.717) is 35.9 Å². The first-order chi connectivity index (χ1) is 13.8. The van der Waals surface area contributed by atoms with Crippen molar-refractivity contribution in [1.29, 1.82) is 0 Å². The zero-order valence-electron chi connectivity index (χ0n) is 18.0. The fraction of sp³-hybridized carbons (Fsp3) is 0.667. The second-order valence-electron chi connectivity index (χ2n) is 9.16. The summed E-state index contributed by atoms with van der Waals surface area (Å²) in [5, 5.41) is 0. The Morgan fingerprint density at radius 1 is 1.07 bits per heavy atom. The lowest BCUT2D eigenvalue weighted by molar-refractivity contribution is -0.154. The molecule has 0 saturated heterocycles. The molecule has 0 amide bonds. The first kappa shape index (κ1) is 20.2. The van der Waals surface area contributed by atoms with Crippen molar-refractivity contribution in [2.24, 2.45) is 17.3 Å². The molecule has 2 fully saturated rings. The number of aryl methyl sites for hydroxylation is 1. The Morgan fingerprint density at radius 2 is 1.86 bits per heavy atom. The smallest absolute Gasteiger partial charge is 0.308 e. The van der Waals surface area contributed by atoms with Crippen molar-refractivity contribution in [3.05, 3.63) is 23.3 Å². The largest absolute Gasteiger partial charge is 0.490 e. The normalized spacial score (nSPS) is 32.6. The van der Waals surface area contributed by atoms with Crippen molar-refractivity contribution in [2.45, 2.75) is 78.2 Å². The Bertz CT molecular complexity index is 816. The third-order valence-corrected chi connectivity index (χ3v) is 7.56. The molecule has 0 bridgehead atoms. The van der Waals surface area contributed by atoms with E-state index < -0.39 is 0 Å². The molecule has 3 aliphatic carbocycles. The molecule has 0 radical (unpaired) electrons. The summed E-state index contributed by atoms with van der Waals surface area (Å²) in [7, 11) is 0. The van der Waals surface area contributed by atoms with E-state index in [4.69, 9.17) is 14.2 Å². The van der Waals surface area contributed by atoms with E-state index in [0.717, 1.165) is 38.5 Å². The molecule has 0 aliphatic heterocycles. The van der Waals surface area contributed by atoms with Crippen molar-refractivity contribution in [3.8, 4) is 11.5 Å². The van der Waals surface area contributed by atoms with Gasteiger partial charge in [0.25, 0.3) is 0 Å². The number of rotatable bonds is 4. The number of ether oxygens (including phenoxy) is 3. The maximum absolute atomic E-state index is 11.6. The van der Waals surface area contributed by atoms with Crippen LogP contribution >= 0.6 is 0 Å². The molecule has 0 N–H and O–H groups in total. The van der Waals surface area contributed by atoms with Gasteiger partial charge in [-0.25, -0.2) is 0 Å². The van der Waals surface area contributed by atoms with Crippen LogP contribution in [0.3, 0.4) is 0 Å². The molecule has 1 aromatic rings. The van der Waals surface area contributed by atoms with Crippen LogP contribution in [0, 0.1) is 17.3 Å². The first-order valence-electron chi connectivity index (χ1n) is 11.0. The van der Waals surface area contributed by atoms with E-state index in [2.05, 4.69) is 13.0 Å². The van der Waals surface area contributed by atoms with Gasteiger partial charge in [0.1, 0.15) is 6.10 Å². The summed E-state index contributed by atoms with van der Waals surface area (Å²) in [5.41, 5.74) is 2.73. The molecule has 158 valence electrons. The maximum atomic E-state index is 11.6. The Balaban J connectivity index is 1.64. The minimum atomic E-state index is -0.324. The van der Waals surface area contributed by atoms with Gasteiger partial charge in [0, 0.05) is 19.3 Å². The third kappa shape index (κ3) is 3.53. The highest BCUT2D eigenvalue weighted by atomic mass is 16.6. The summed E-state index contributed by atoms with van der Waals surface area (Å²) in [6.45, 7) is 7.76. The van der Waals surface area contributed by atoms with Gasteiger partial charge in [-0.2, -0.15) is 0 Å². The zero-order valence-corrected chi connectivity index (χ0v) is 18.0. The summed E-state index contributed by atoms with van der Waals surface area (Å²) in [4.78, 5) is 23.1. The molecule has 1 aromatic carbocycles. The number of hydrogen-bond donors (Lipinski definition) is 0. The predicted octanol–water partition coefficient (Wildman–Crippen LogP) is 4.80. The summed E-state index contributed by atoms with van der Waals surface area (Å²) in [6.07, 6.45) is 6.46. The molecule has 0 aromatic heterocycles. The average Bonchev–Trinajstić information content (AvgIpc) is 2.98. The van der Waals surface area contributed by atoms with Gasteiger partial charge in [-0.05, 0) is 86.5 Å². The Morgan fingerprint density at radius 3 is 2.55 bits per heavy atom. The lowest BCUT2D eigenvalue weighted by atomic mass is 9.55. The monoisotopic (exact) mass is 400 g/mol. The van der Waals surface area contributed by atoms with Gasteiger partial charge < -0.3 is 14.2 Å². The number of fused-ring (bicyclic) bond motifs is 5. The molecule has 0 unspecified atom stereocenters. The Kier molecular flexibility index (Phi) is 5.34. The highest BCUT2D eigenvalue weighted by molar-refractivity contribution is 5.71. The van der Waals surface area contributed by atoms with Gasteiger partial charge in [-0.15, -0.1) is 0 Å². The van der Waals surface area contributed by atoms with Gasteiger partial charge in [-0.3, -0.25) is 9.59 Å². The van der Waals surface area contributed by atoms with Crippen LogP contribution < -0.4 is 9.47 Å². The minimum Gasteiger partial charge on any atom is -0.490 e. The van der Waals surface area contributed by atoms with Crippen molar-refractivity contribution in [3.63, 3.8) is 0 Å². The van der Waals surface area contributed by atoms with Crippen molar-refractivity contribution in [1.82, 2.24) is 0 Å². The molecule has 4 rings (SSSR count). The number of hydrogen-bond acceptors (Lipinski definition) is 5. The number of carbonyl (C=O) groups is 2. The minimum absolute atomic E-state index is 0.0534. The molecule has 5 atom stereocenters. The fourth-order valence-corrected chi connectivity index (χ4v) is 6.43. The highest BCUT2D eigenvalue weighted by Crippen LogP contribution is 2.62. The third-order valence-electron chi connectivity index (χ3n) is 7.56. The first-order valence-corrected chi connectivity index (χ1v) is 11.0. The summed E-state index contributed by atoms with van der Waals surface area (Å²) >= 11 is 0. The molecule has 0 heterocycles. The van der Waals surface area contributed by atoms with Gasteiger partial charge >= 0.3 is 11.9 Å². The second-order valence-corrected chi connectivity index (χ2v) is 9.16. The molecular formula is C24H32O5. The number of benzene rings is 1. The number of carbonyl (C=O) groups excluding carboxylic acids is 2. The van der Waals surface area contributed by atoms with Crippen molar-refractivity contribution in [2.75, 3.05) is 6.61 Å². The van der Waals surface area contributed by atoms with Crippen LogP contribution in [0.5, 0.6) is 11.5 Å². The Hall–Kier alpha value is -2.04. The van der Waals surface area contributed by atoms with Crippen LogP contribution in [-0.2, 0) is 20.7 Å². The van der Waals surface area contributed by atoms with Crippen LogP contribution in [0.1, 0.15) is 76.8 Å². The van der Waals surface area contributed by atoms with E-state index in [9.17, 15) is 9.59 Å². The lowest BCUT2D eigenvalue weighted by Crippen LogP contribution is -2.45. The SMILES string of the molecule is CCOc1cc2c(cc1OC(C)=O)CC[C@@H]1[C@@H]2CC[C@]2(C)[C@@H](OC(C)=O)CC[C@@H]12. The molecule has 5 heteroatoms. The fourth-order valence-electron chi connectivity index (χ4n) is 6.43. The molecule has 3 aliphatic rings. The van der Waals surface area contributed by atoms with Gasteiger partial charge in [0.15, 0.2) is 11.5 Å². The van der Waals surface area contributed by atoms with Crippen molar-refractivity contribution < 1.29 is 23.8 Å². The van der Waals surface area contributed by atoms with Crippen LogP contribution in [0.25, 0.3) is 0 Å². The van der Waals surface area contributed by atoms with Crippen LogP contribution in [0.2, 0.25) is 0 Å². The van der Waals surface area contributed by atoms with E-state index in [1.165, 1.54) is 25.0 Å². The van der Waals surface area contributed by atoms with Gasteiger partial charge in [-0.1, -0.05) is 6.92 Å². The standard InChI is InChI=1S/C24H32O5/c1-5-27-21-13-19-16(12-22(21)28-14(2)25)6-7-18-17(19)10-11-24(4)20(18)8-9-23(24)29-15(3)26/h12-13,17-18,20,23H,5-11H2,1-4H3/t17-,18+,20-,23-,24-/m0/s1. The Labute approximate surface area is 173 Å². The molecule has 5 nitrogen and oxygen atoms in total. The number of esters is 2. The van der Waals surface area contributed by atoms with Crippen LogP contribution in [0.4, 0.5) is 0 Å².